The fraction of sp³-hybridized carbons (Fsp3) is 0.333. The van der Waals surface area contributed by atoms with E-state index in [0.717, 1.165) is 11.1 Å². The monoisotopic (exact) mass is 382 g/mol. The maximum Gasteiger partial charge on any atom is 0.181 e. The van der Waals surface area contributed by atoms with Gasteiger partial charge in [0.15, 0.2) is 19.7 Å². The van der Waals surface area contributed by atoms with Gasteiger partial charge in [0.2, 0.25) is 0 Å². The lowest BCUT2D eigenvalue weighted by molar-refractivity contribution is 0.108. The third-order valence-corrected chi connectivity index (χ3v) is 7.75. The highest BCUT2D eigenvalue weighted by Gasteiger charge is 2.35. The molecule has 0 aliphatic heterocycles. The maximum absolute atomic E-state index is 12.5. The summed E-state index contributed by atoms with van der Waals surface area (Å²) < 4.78 is 49.9. The Morgan fingerprint density at radius 3 is 1.28 bits per heavy atom. The summed E-state index contributed by atoms with van der Waals surface area (Å²) in [6.07, 6.45) is 0. The zero-order chi connectivity index (χ0) is 18.9. The van der Waals surface area contributed by atoms with E-state index in [2.05, 4.69) is 0 Å². The highest BCUT2D eigenvalue weighted by atomic mass is 32.2. The van der Waals surface area contributed by atoms with Crippen LogP contribution in [0, 0.1) is 13.8 Å². The van der Waals surface area contributed by atoms with Crippen LogP contribution in [0.1, 0.15) is 18.1 Å². The van der Waals surface area contributed by atoms with E-state index in [1.54, 1.807) is 24.3 Å². The minimum Gasteiger partial charge on any atom is -0.388 e. The number of sulfone groups is 2. The molecule has 2 aromatic rings. The Labute approximate surface area is 149 Å². The molecule has 2 rings (SSSR count). The third kappa shape index (κ3) is 5.14. The Morgan fingerprint density at radius 1 is 0.720 bits per heavy atom. The first kappa shape index (κ1) is 19.6. The van der Waals surface area contributed by atoms with Gasteiger partial charge in [0.25, 0.3) is 0 Å². The second-order valence-electron chi connectivity index (χ2n) is 6.64. The summed E-state index contributed by atoms with van der Waals surface area (Å²) in [5.74, 6) is -1.34. The fourth-order valence-electron chi connectivity index (χ4n) is 2.52. The Morgan fingerprint density at radius 2 is 1.00 bits per heavy atom. The van der Waals surface area contributed by atoms with E-state index in [4.69, 9.17) is 0 Å². The largest absolute Gasteiger partial charge is 0.388 e. The first-order chi connectivity index (χ1) is 11.4. The molecule has 7 heteroatoms. The average Bonchev–Trinajstić information content (AvgIpc) is 2.45. The van der Waals surface area contributed by atoms with Gasteiger partial charge in [-0.15, -0.1) is 0 Å². The van der Waals surface area contributed by atoms with Gasteiger partial charge >= 0.3 is 0 Å². The third-order valence-electron chi connectivity index (χ3n) is 3.76. The van der Waals surface area contributed by atoms with Crippen LogP contribution in [0.25, 0.3) is 0 Å². The lowest BCUT2D eigenvalue weighted by Gasteiger charge is -2.23. The molecule has 0 aromatic heterocycles. The first-order valence-electron chi connectivity index (χ1n) is 7.73. The molecular weight excluding hydrogens is 360 g/mol. The van der Waals surface area contributed by atoms with E-state index in [1.807, 2.05) is 13.8 Å². The van der Waals surface area contributed by atoms with Crippen molar-refractivity contribution in [1.82, 2.24) is 0 Å². The molecular formula is C18H22O5S2. The van der Waals surface area contributed by atoms with E-state index in [-0.39, 0.29) is 9.79 Å². The number of hydrogen-bond donors (Lipinski definition) is 1. The van der Waals surface area contributed by atoms with Gasteiger partial charge in [0, 0.05) is 0 Å². The Hall–Kier alpha value is -1.70. The summed E-state index contributed by atoms with van der Waals surface area (Å²) in [6, 6.07) is 12.4. The van der Waals surface area contributed by atoms with E-state index in [0.29, 0.717) is 0 Å². The minimum absolute atomic E-state index is 0.0612. The number of aliphatic hydroxyl groups is 1. The summed E-state index contributed by atoms with van der Waals surface area (Å²) in [5.41, 5.74) is -0.0895. The first-order valence-corrected chi connectivity index (χ1v) is 11.0. The quantitative estimate of drug-likeness (QED) is 0.828. The van der Waals surface area contributed by atoms with Crippen LogP contribution in [0.5, 0.6) is 0 Å². The molecule has 0 saturated heterocycles. The molecule has 0 radical (unpaired) electrons. The summed E-state index contributed by atoms with van der Waals surface area (Å²) in [4.78, 5) is 0.122. The molecule has 0 amide bonds. The Kier molecular flexibility index (Phi) is 5.41. The highest BCUT2D eigenvalue weighted by Crippen LogP contribution is 2.22. The Bertz CT molecular complexity index is 860. The van der Waals surface area contributed by atoms with Crippen LogP contribution in [0.15, 0.2) is 58.3 Å². The van der Waals surface area contributed by atoms with E-state index in [9.17, 15) is 21.9 Å². The topological polar surface area (TPSA) is 88.5 Å². The molecule has 2 aromatic carbocycles. The average molecular weight is 383 g/mol. The van der Waals surface area contributed by atoms with Gasteiger partial charge in [-0.1, -0.05) is 35.4 Å². The second-order valence-corrected chi connectivity index (χ2v) is 10.6. The molecule has 0 bridgehead atoms. The molecule has 0 spiro atoms. The van der Waals surface area contributed by atoms with Crippen molar-refractivity contribution in [1.29, 1.82) is 0 Å². The van der Waals surface area contributed by atoms with Crippen LogP contribution >= 0.6 is 0 Å². The van der Waals surface area contributed by atoms with Gasteiger partial charge in [0.05, 0.1) is 26.9 Å². The van der Waals surface area contributed by atoms with Crippen molar-refractivity contribution in [2.75, 3.05) is 11.5 Å². The maximum atomic E-state index is 12.5. The highest BCUT2D eigenvalue weighted by molar-refractivity contribution is 7.92. The van der Waals surface area contributed by atoms with E-state index in [1.165, 1.54) is 31.2 Å². The Balaban J connectivity index is 2.23. The molecule has 0 unspecified atom stereocenters. The molecule has 5 nitrogen and oxygen atoms in total. The summed E-state index contributed by atoms with van der Waals surface area (Å²) in [6.45, 7) is 4.89. The van der Waals surface area contributed by atoms with Gasteiger partial charge in [-0.2, -0.15) is 0 Å². The molecule has 0 heterocycles. The van der Waals surface area contributed by atoms with Crippen molar-refractivity contribution < 1.29 is 21.9 Å². The smallest absolute Gasteiger partial charge is 0.181 e. The van der Waals surface area contributed by atoms with E-state index >= 15 is 0 Å². The predicted molar refractivity (Wildman–Crippen MR) is 97.1 cm³/mol. The zero-order valence-electron chi connectivity index (χ0n) is 14.4. The fourth-order valence-corrected chi connectivity index (χ4v) is 5.92. The predicted octanol–water partition coefficient (Wildman–Crippen LogP) is 2.30. The molecule has 0 saturated carbocycles. The molecule has 0 atom stereocenters. The van der Waals surface area contributed by atoms with Gasteiger partial charge in [-0.05, 0) is 45.0 Å². The van der Waals surface area contributed by atoms with Crippen LogP contribution < -0.4 is 0 Å². The van der Waals surface area contributed by atoms with Crippen LogP contribution in [-0.4, -0.2) is 39.0 Å². The molecule has 0 fully saturated rings. The normalized spacial score (nSPS) is 13.0. The lowest BCUT2D eigenvalue weighted by Crippen LogP contribution is -2.40. The number of aryl methyl sites for hydroxylation is 2. The molecule has 1 N–H and O–H groups in total. The van der Waals surface area contributed by atoms with Crippen LogP contribution in [0.3, 0.4) is 0 Å². The SMILES string of the molecule is Cc1ccc(S(=O)(=O)CC(C)(O)CS(=O)(=O)c2ccc(C)cc2)cc1. The lowest BCUT2D eigenvalue weighted by atomic mass is 10.2. The summed E-state index contributed by atoms with van der Waals surface area (Å²) in [5, 5.41) is 10.5. The van der Waals surface area contributed by atoms with Crippen molar-refractivity contribution in [3.05, 3.63) is 59.7 Å². The van der Waals surface area contributed by atoms with Crippen molar-refractivity contribution >= 4 is 19.7 Å². The van der Waals surface area contributed by atoms with Crippen LogP contribution in [-0.2, 0) is 19.7 Å². The summed E-state index contributed by atoms with van der Waals surface area (Å²) >= 11 is 0. The summed E-state index contributed by atoms with van der Waals surface area (Å²) in [7, 11) is -7.62. The van der Waals surface area contributed by atoms with E-state index < -0.39 is 36.8 Å². The van der Waals surface area contributed by atoms with Crippen molar-refractivity contribution in [2.24, 2.45) is 0 Å². The standard InChI is InChI=1S/C18H22O5S2/c1-14-4-8-16(9-5-14)24(20,21)12-18(3,19)13-25(22,23)17-10-6-15(2)7-11-17/h4-11,19H,12-13H2,1-3H3. The van der Waals surface area contributed by atoms with Crippen molar-refractivity contribution in [2.45, 2.75) is 36.2 Å². The van der Waals surface area contributed by atoms with Gasteiger partial charge in [-0.25, -0.2) is 16.8 Å². The second kappa shape index (κ2) is 6.90. The van der Waals surface area contributed by atoms with Crippen LogP contribution in [0.4, 0.5) is 0 Å². The number of rotatable bonds is 6. The molecule has 0 aliphatic rings. The molecule has 25 heavy (non-hydrogen) atoms. The zero-order valence-corrected chi connectivity index (χ0v) is 16.1. The van der Waals surface area contributed by atoms with Crippen molar-refractivity contribution in [3.63, 3.8) is 0 Å². The minimum atomic E-state index is -3.81. The van der Waals surface area contributed by atoms with Gasteiger partial charge in [-0.3, -0.25) is 0 Å². The number of hydrogen-bond acceptors (Lipinski definition) is 5. The van der Waals surface area contributed by atoms with Gasteiger partial charge in [0.1, 0.15) is 0 Å². The number of benzene rings is 2. The van der Waals surface area contributed by atoms with Gasteiger partial charge < -0.3 is 5.11 Å². The molecule has 136 valence electrons. The van der Waals surface area contributed by atoms with Crippen LogP contribution in [0.2, 0.25) is 0 Å². The molecule has 0 aliphatic carbocycles. The van der Waals surface area contributed by atoms with Crippen molar-refractivity contribution in [3.8, 4) is 0 Å².